The van der Waals surface area contributed by atoms with Crippen molar-refractivity contribution >= 4 is 9.84 Å². The molecule has 2 N–H and O–H groups in total. The Morgan fingerprint density at radius 1 is 1.13 bits per heavy atom. The van der Waals surface area contributed by atoms with Crippen LogP contribution < -0.4 is 11.2 Å². The SMILES string of the molecule is Cc1ccc(S(=O)(=O)c2cn(C3OC(CO)C4OC(C)(C)OC43)c(=O)[nH]c2=O)cc1. The molecule has 4 atom stereocenters. The molecule has 30 heavy (non-hydrogen) atoms. The molecule has 0 amide bonds. The lowest BCUT2D eigenvalue weighted by atomic mass is 10.1. The van der Waals surface area contributed by atoms with E-state index in [1.165, 1.54) is 12.1 Å². The molecule has 2 aromatic rings. The summed E-state index contributed by atoms with van der Waals surface area (Å²) in [7, 11) is -4.20. The quantitative estimate of drug-likeness (QED) is 0.685. The molecule has 3 heterocycles. The monoisotopic (exact) mass is 438 g/mol. The number of aryl methyl sites for hydroxylation is 1. The van der Waals surface area contributed by atoms with Gasteiger partial charge in [-0.25, -0.2) is 13.2 Å². The van der Waals surface area contributed by atoms with Crippen LogP contribution in [-0.2, 0) is 24.0 Å². The Hall–Kier alpha value is -2.31. The first-order valence-corrected chi connectivity index (χ1v) is 10.8. The van der Waals surface area contributed by atoms with E-state index in [1.54, 1.807) is 32.9 Å². The number of benzene rings is 1. The summed E-state index contributed by atoms with van der Waals surface area (Å²) in [6.45, 7) is 4.78. The molecule has 2 aliphatic rings. The van der Waals surface area contributed by atoms with Gasteiger partial charge >= 0.3 is 5.69 Å². The lowest BCUT2D eigenvalue weighted by Crippen LogP contribution is -2.39. The van der Waals surface area contributed by atoms with Crippen LogP contribution >= 0.6 is 0 Å². The minimum atomic E-state index is -4.20. The Bertz CT molecular complexity index is 1180. The van der Waals surface area contributed by atoms with Gasteiger partial charge in [-0.2, -0.15) is 0 Å². The first-order chi connectivity index (χ1) is 14.0. The number of aromatic amines is 1. The van der Waals surface area contributed by atoms with Crippen molar-refractivity contribution in [2.24, 2.45) is 0 Å². The van der Waals surface area contributed by atoms with Crippen LogP contribution in [-0.4, -0.2) is 53.8 Å². The third-order valence-electron chi connectivity index (χ3n) is 5.14. The summed E-state index contributed by atoms with van der Waals surface area (Å²) in [6, 6.07) is 6.00. The highest BCUT2D eigenvalue weighted by Crippen LogP contribution is 2.42. The van der Waals surface area contributed by atoms with E-state index in [0.717, 1.165) is 16.3 Å². The van der Waals surface area contributed by atoms with Gasteiger partial charge in [-0.1, -0.05) is 17.7 Å². The van der Waals surface area contributed by atoms with E-state index >= 15 is 0 Å². The van der Waals surface area contributed by atoms with Gasteiger partial charge < -0.3 is 19.3 Å². The van der Waals surface area contributed by atoms with Crippen LogP contribution in [0.1, 0.15) is 25.6 Å². The zero-order valence-electron chi connectivity index (χ0n) is 16.6. The largest absolute Gasteiger partial charge is 0.394 e. The van der Waals surface area contributed by atoms with Crippen LogP contribution in [0.4, 0.5) is 0 Å². The molecule has 10 nitrogen and oxygen atoms in total. The summed E-state index contributed by atoms with van der Waals surface area (Å²) >= 11 is 0. The van der Waals surface area contributed by atoms with Crippen molar-refractivity contribution in [1.82, 2.24) is 9.55 Å². The average Bonchev–Trinajstić information content (AvgIpc) is 3.15. The molecule has 0 bridgehead atoms. The molecule has 11 heteroatoms. The van der Waals surface area contributed by atoms with Crippen LogP contribution in [0.25, 0.3) is 0 Å². The fourth-order valence-electron chi connectivity index (χ4n) is 3.72. The third kappa shape index (κ3) is 3.42. The molecule has 0 radical (unpaired) electrons. The van der Waals surface area contributed by atoms with Crippen molar-refractivity contribution in [3.05, 3.63) is 56.9 Å². The van der Waals surface area contributed by atoms with Gasteiger partial charge in [0.15, 0.2) is 16.9 Å². The lowest BCUT2D eigenvalue weighted by Gasteiger charge is -2.24. The van der Waals surface area contributed by atoms with Crippen LogP contribution in [0.15, 0.2) is 49.8 Å². The van der Waals surface area contributed by atoms with Crippen LogP contribution in [0.3, 0.4) is 0 Å². The van der Waals surface area contributed by atoms with E-state index in [0.29, 0.717) is 0 Å². The van der Waals surface area contributed by atoms with Gasteiger partial charge in [-0.15, -0.1) is 0 Å². The van der Waals surface area contributed by atoms with E-state index in [-0.39, 0.29) is 11.5 Å². The minimum Gasteiger partial charge on any atom is -0.394 e. The summed E-state index contributed by atoms with van der Waals surface area (Å²) in [6.07, 6.45) is -2.36. The number of rotatable bonds is 4. The highest BCUT2D eigenvalue weighted by Gasteiger charge is 2.56. The molecule has 2 saturated heterocycles. The summed E-state index contributed by atoms with van der Waals surface area (Å²) in [4.78, 5) is 26.2. The zero-order valence-corrected chi connectivity index (χ0v) is 17.4. The van der Waals surface area contributed by atoms with E-state index in [1.807, 2.05) is 4.98 Å². The second kappa shape index (κ2) is 7.13. The molecule has 4 unspecified atom stereocenters. The van der Waals surface area contributed by atoms with E-state index in [9.17, 15) is 23.1 Å². The number of sulfone groups is 1. The Kier molecular flexibility index (Phi) is 4.98. The van der Waals surface area contributed by atoms with Crippen LogP contribution in [0, 0.1) is 6.92 Å². The van der Waals surface area contributed by atoms with Gasteiger partial charge in [0.05, 0.1) is 11.5 Å². The molecule has 0 aliphatic carbocycles. The van der Waals surface area contributed by atoms with Crippen molar-refractivity contribution in [3.63, 3.8) is 0 Å². The number of H-pyrrole nitrogens is 1. The number of nitrogens with one attached hydrogen (secondary N) is 1. The van der Waals surface area contributed by atoms with Crippen molar-refractivity contribution in [1.29, 1.82) is 0 Å². The second-order valence-corrected chi connectivity index (χ2v) is 9.71. The molecule has 162 valence electrons. The van der Waals surface area contributed by atoms with Gasteiger partial charge in [0, 0.05) is 6.20 Å². The molecule has 4 rings (SSSR count). The molecular weight excluding hydrogens is 416 g/mol. The van der Waals surface area contributed by atoms with Gasteiger partial charge in [-0.05, 0) is 32.9 Å². The Morgan fingerprint density at radius 2 is 1.77 bits per heavy atom. The van der Waals surface area contributed by atoms with E-state index < -0.39 is 56.3 Å². The summed E-state index contributed by atoms with van der Waals surface area (Å²) in [5.74, 6) is -0.979. The molecule has 2 fully saturated rings. The van der Waals surface area contributed by atoms with Gasteiger partial charge in [-0.3, -0.25) is 14.3 Å². The number of ether oxygens (including phenoxy) is 3. The highest BCUT2D eigenvalue weighted by atomic mass is 32.2. The van der Waals surface area contributed by atoms with Crippen molar-refractivity contribution < 1.29 is 27.7 Å². The predicted octanol–water partition coefficient (Wildman–Crippen LogP) is 0.0876. The Balaban J connectivity index is 1.80. The molecule has 1 aromatic heterocycles. The third-order valence-corrected chi connectivity index (χ3v) is 6.90. The Labute approximate surface area is 171 Å². The average molecular weight is 438 g/mol. The summed E-state index contributed by atoms with van der Waals surface area (Å²) in [5.41, 5.74) is -1.04. The molecule has 0 spiro atoms. The molecule has 2 aliphatic heterocycles. The van der Waals surface area contributed by atoms with Crippen molar-refractivity contribution in [2.45, 2.75) is 60.9 Å². The number of aliphatic hydroxyl groups excluding tert-OH is 1. The minimum absolute atomic E-state index is 0.0798. The summed E-state index contributed by atoms with van der Waals surface area (Å²) < 4.78 is 44.3. The van der Waals surface area contributed by atoms with Gasteiger partial charge in [0.1, 0.15) is 18.3 Å². The highest BCUT2D eigenvalue weighted by molar-refractivity contribution is 7.91. The number of fused-ring (bicyclic) bond motifs is 1. The fraction of sp³-hybridized carbons (Fsp3) is 0.474. The molecule has 1 aromatic carbocycles. The second-order valence-electron chi connectivity index (χ2n) is 7.79. The smallest absolute Gasteiger partial charge is 0.330 e. The lowest BCUT2D eigenvalue weighted by molar-refractivity contribution is -0.200. The fourth-order valence-corrected chi connectivity index (χ4v) is 5.02. The van der Waals surface area contributed by atoms with Crippen molar-refractivity contribution in [2.75, 3.05) is 6.61 Å². The first-order valence-electron chi connectivity index (χ1n) is 9.33. The summed E-state index contributed by atoms with van der Waals surface area (Å²) in [5, 5.41) is 9.61. The van der Waals surface area contributed by atoms with E-state index in [4.69, 9.17) is 14.2 Å². The maximum absolute atomic E-state index is 13.0. The molecule has 0 saturated carbocycles. The zero-order chi connectivity index (χ0) is 21.8. The maximum atomic E-state index is 13.0. The number of hydrogen-bond acceptors (Lipinski definition) is 8. The number of aliphatic hydroxyl groups is 1. The normalized spacial score (nSPS) is 27.9. The predicted molar refractivity (Wildman–Crippen MR) is 103 cm³/mol. The maximum Gasteiger partial charge on any atom is 0.330 e. The first kappa shape index (κ1) is 20.9. The van der Waals surface area contributed by atoms with Crippen molar-refractivity contribution in [3.8, 4) is 0 Å². The number of hydrogen-bond donors (Lipinski definition) is 2. The molecular formula is C19H22N2O8S. The number of aromatic nitrogens is 2. The Morgan fingerprint density at radius 3 is 2.40 bits per heavy atom. The van der Waals surface area contributed by atoms with Gasteiger partial charge in [0.25, 0.3) is 5.56 Å². The van der Waals surface area contributed by atoms with E-state index in [2.05, 4.69) is 0 Å². The van der Waals surface area contributed by atoms with Crippen LogP contribution in [0.2, 0.25) is 0 Å². The number of nitrogens with zero attached hydrogens (tertiary/aromatic N) is 1. The topological polar surface area (TPSA) is 137 Å². The van der Waals surface area contributed by atoms with Gasteiger partial charge in [0.2, 0.25) is 9.84 Å². The standard InChI is InChI=1S/C19H22N2O8S/c1-10-4-6-11(7-5-10)30(25,26)13-8-21(18(24)20-16(13)23)17-15-14(12(9-22)27-17)28-19(2,3)29-15/h4-8,12,14-15,17,22H,9H2,1-3H3,(H,20,23,24). The van der Waals surface area contributed by atoms with Crippen LogP contribution in [0.5, 0.6) is 0 Å².